The second-order valence-corrected chi connectivity index (χ2v) is 5.58. The van der Waals surface area contributed by atoms with Crippen molar-refractivity contribution in [3.63, 3.8) is 0 Å². The van der Waals surface area contributed by atoms with E-state index in [1.807, 2.05) is 23.9 Å². The summed E-state index contributed by atoms with van der Waals surface area (Å²) in [5.74, 6) is 1.19. The maximum atomic E-state index is 5.96. The molecule has 1 rings (SSSR count). The molecule has 0 aromatic heterocycles. The topological polar surface area (TPSA) is 12.0 Å². The van der Waals surface area contributed by atoms with E-state index in [0.717, 1.165) is 12.1 Å². The monoisotopic (exact) mass is 277 g/mol. The smallest absolute Gasteiger partial charge is 0.0424 e. The minimum atomic E-state index is 0.290. The molecule has 0 spiro atoms. The second kappa shape index (κ2) is 7.44. The maximum absolute atomic E-state index is 5.96. The van der Waals surface area contributed by atoms with Crippen molar-refractivity contribution in [3.05, 3.63) is 33.8 Å². The zero-order valence-electron chi connectivity index (χ0n) is 9.59. The van der Waals surface area contributed by atoms with E-state index in [2.05, 4.69) is 18.5 Å². The van der Waals surface area contributed by atoms with Crippen LogP contribution in [0.5, 0.6) is 0 Å². The minimum Gasteiger partial charge on any atom is -0.310 e. The van der Waals surface area contributed by atoms with Gasteiger partial charge in [0.1, 0.15) is 0 Å². The molecule has 1 unspecified atom stereocenters. The summed E-state index contributed by atoms with van der Waals surface area (Å²) in [6.07, 6.45) is 3.31. The number of hydrogen-bond donors (Lipinski definition) is 1. The highest BCUT2D eigenvalue weighted by molar-refractivity contribution is 7.98. The van der Waals surface area contributed by atoms with Crippen molar-refractivity contribution in [1.29, 1.82) is 0 Å². The first kappa shape index (κ1) is 14.2. The van der Waals surface area contributed by atoms with E-state index < -0.39 is 0 Å². The van der Waals surface area contributed by atoms with Crippen molar-refractivity contribution in [1.82, 2.24) is 5.32 Å². The molecule has 16 heavy (non-hydrogen) atoms. The van der Waals surface area contributed by atoms with E-state index in [0.29, 0.717) is 10.0 Å². The Kier molecular flexibility index (Phi) is 6.59. The number of benzene rings is 1. The molecule has 1 N–H and O–H groups in total. The van der Waals surface area contributed by atoms with Crippen LogP contribution >= 0.6 is 35.0 Å². The molecule has 0 fully saturated rings. The van der Waals surface area contributed by atoms with Crippen molar-refractivity contribution in [2.45, 2.75) is 19.4 Å². The van der Waals surface area contributed by atoms with E-state index in [4.69, 9.17) is 23.2 Å². The van der Waals surface area contributed by atoms with Crippen LogP contribution in [0.2, 0.25) is 10.0 Å². The number of nitrogens with one attached hydrogen (secondary N) is 1. The van der Waals surface area contributed by atoms with Crippen LogP contribution in [-0.4, -0.2) is 18.6 Å². The molecule has 1 atom stereocenters. The fourth-order valence-corrected chi connectivity index (χ4v) is 2.45. The molecule has 1 nitrogen and oxygen atoms in total. The van der Waals surface area contributed by atoms with Gasteiger partial charge in [0.25, 0.3) is 0 Å². The van der Waals surface area contributed by atoms with Crippen molar-refractivity contribution < 1.29 is 0 Å². The summed E-state index contributed by atoms with van der Waals surface area (Å²) >= 11 is 13.8. The zero-order valence-corrected chi connectivity index (χ0v) is 11.9. The van der Waals surface area contributed by atoms with E-state index in [1.54, 1.807) is 6.07 Å². The normalized spacial score (nSPS) is 12.8. The summed E-state index contributed by atoms with van der Waals surface area (Å²) in [6, 6.07) is 5.96. The van der Waals surface area contributed by atoms with E-state index in [-0.39, 0.29) is 6.04 Å². The molecule has 1 aromatic rings. The molecule has 0 saturated heterocycles. The minimum absolute atomic E-state index is 0.290. The summed E-state index contributed by atoms with van der Waals surface area (Å²) in [5.41, 5.74) is 1.14. The Bertz CT molecular complexity index is 311. The number of halogens is 2. The first-order valence-corrected chi connectivity index (χ1v) is 7.46. The van der Waals surface area contributed by atoms with Gasteiger partial charge in [0.05, 0.1) is 0 Å². The fraction of sp³-hybridized carbons (Fsp3) is 0.500. The van der Waals surface area contributed by atoms with Gasteiger partial charge in [-0.2, -0.15) is 11.8 Å². The predicted octanol–water partition coefficient (Wildman–Crippen LogP) is 4.40. The highest BCUT2D eigenvalue weighted by atomic mass is 35.5. The fourth-order valence-electron chi connectivity index (χ4n) is 1.48. The van der Waals surface area contributed by atoms with Gasteiger partial charge in [0.15, 0.2) is 0 Å². The molecular weight excluding hydrogens is 261 g/mol. The number of rotatable bonds is 6. The van der Waals surface area contributed by atoms with Gasteiger partial charge in [0, 0.05) is 16.1 Å². The summed E-state index contributed by atoms with van der Waals surface area (Å²) in [5, 5.41) is 4.85. The molecule has 0 heterocycles. The first-order chi connectivity index (χ1) is 7.63. The van der Waals surface area contributed by atoms with E-state index in [1.165, 1.54) is 12.2 Å². The Balaban J connectivity index is 2.48. The predicted molar refractivity (Wildman–Crippen MR) is 75.9 cm³/mol. The van der Waals surface area contributed by atoms with Crippen LogP contribution in [0.4, 0.5) is 0 Å². The van der Waals surface area contributed by atoms with Crippen molar-refractivity contribution in [2.24, 2.45) is 0 Å². The first-order valence-electron chi connectivity index (χ1n) is 5.32. The van der Waals surface area contributed by atoms with Gasteiger partial charge in [-0.1, -0.05) is 23.2 Å². The van der Waals surface area contributed by atoms with Crippen LogP contribution in [-0.2, 0) is 0 Å². The second-order valence-electron chi connectivity index (χ2n) is 3.72. The lowest BCUT2D eigenvalue weighted by Gasteiger charge is -2.14. The van der Waals surface area contributed by atoms with Gasteiger partial charge in [-0.15, -0.1) is 0 Å². The van der Waals surface area contributed by atoms with E-state index in [9.17, 15) is 0 Å². The van der Waals surface area contributed by atoms with Crippen molar-refractivity contribution in [3.8, 4) is 0 Å². The van der Waals surface area contributed by atoms with Crippen LogP contribution in [0.15, 0.2) is 18.2 Å². The highest BCUT2D eigenvalue weighted by Crippen LogP contribution is 2.23. The Hall–Kier alpha value is 0.110. The Morgan fingerprint density at radius 3 is 2.44 bits per heavy atom. The average molecular weight is 278 g/mol. The molecule has 4 heteroatoms. The largest absolute Gasteiger partial charge is 0.310 e. The summed E-state index contributed by atoms with van der Waals surface area (Å²) in [4.78, 5) is 0. The SMILES string of the molecule is CSCCCNC(C)c1cc(Cl)cc(Cl)c1. The van der Waals surface area contributed by atoms with Gasteiger partial charge >= 0.3 is 0 Å². The van der Waals surface area contributed by atoms with Gasteiger partial charge in [-0.05, 0) is 55.7 Å². The van der Waals surface area contributed by atoms with Gasteiger partial charge in [-0.25, -0.2) is 0 Å². The van der Waals surface area contributed by atoms with Crippen LogP contribution in [0.3, 0.4) is 0 Å². The maximum Gasteiger partial charge on any atom is 0.0424 e. The van der Waals surface area contributed by atoms with Gasteiger partial charge in [-0.3, -0.25) is 0 Å². The molecule has 0 amide bonds. The molecule has 0 bridgehead atoms. The standard InChI is InChI=1S/C12H17Cl2NS/c1-9(15-4-3-5-16-2)10-6-11(13)8-12(14)7-10/h6-9,15H,3-5H2,1-2H3. The third-order valence-electron chi connectivity index (χ3n) is 2.36. The number of thioether (sulfide) groups is 1. The molecule has 0 saturated carbocycles. The lowest BCUT2D eigenvalue weighted by atomic mass is 10.1. The van der Waals surface area contributed by atoms with Crippen LogP contribution in [0.25, 0.3) is 0 Å². The van der Waals surface area contributed by atoms with Crippen LogP contribution in [0, 0.1) is 0 Å². The van der Waals surface area contributed by atoms with Gasteiger partial charge < -0.3 is 5.32 Å². The van der Waals surface area contributed by atoms with Crippen LogP contribution < -0.4 is 5.32 Å². The van der Waals surface area contributed by atoms with Crippen molar-refractivity contribution >= 4 is 35.0 Å². The number of hydrogen-bond acceptors (Lipinski definition) is 2. The molecule has 90 valence electrons. The third kappa shape index (κ3) is 4.96. The molecule has 0 aliphatic carbocycles. The highest BCUT2D eigenvalue weighted by Gasteiger charge is 2.06. The Morgan fingerprint density at radius 2 is 1.88 bits per heavy atom. The lowest BCUT2D eigenvalue weighted by Crippen LogP contribution is -2.20. The summed E-state index contributed by atoms with van der Waals surface area (Å²) in [6.45, 7) is 3.15. The average Bonchev–Trinajstić information content (AvgIpc) is 2.22. The zero-order chi connectivity index (χ0) is 12.0. The molecule has 0 radical (unpaired) electrons. The Labute approximate surface area is 112 Å². The summed E-state index contributed by atoms with van der Waals surface area (Å²) < 4.78 is 0. The van der Waals surface area contributed by atoms with Gasteiger partial charge in [0.2, 0.25) is 0 Å². The lowest BCUT2D eigenvalue weighted by molar-refractivity contribution is 0.572. The quantitative estimate of drug-likeness (QED) is 0.774. The Morgan fingerprint density at radius 1 is 1.25 bits per heavy atom. The summed E-state index contributed by atoms with van der Waals surface area (Å²) in [7, 11) is 0. The van der Waals surface area contributed by atoms with Crippen LogP contribution in [0.1, 0.15) is 24.9 Å². The molecular formula is C12H17Cl2NS. The molecule has 1 aromatic carbocycles. The molecule has 0 aliphatic rings. The third-order valence-corrected chi connectivity index (χ3v) is 3.49. The molecule has 0 aliphatic heterocycles. The van der Waals surface area contributed by atoms with E-state index >= 15 is 0 Å². The van der Waals surface area contributed by atoms with Crippen molar-refractivity contribution in [2.75, 3.05) is 18.6 Å².